The minimum atomic E-state index is -0.491. The number of aryl methyl sites for hydroxylation is 1. The van der Waals surface area contributed by atoms with Crippen molar-refractivity contribution in [2.24, 2.45) is 4.99 Å². The van der Waals surface area contributed by atoms with Crippen LogP contribution >= 0.6 is 22.9 Å². The van der Waals surface area contributed by atoms with Crippen molar-refractivity contribution in [1.82, 2.24) is 4.57 Å². The van der Waals surface area contributed by atoms with Gasteiger partial charge in [-0.15, -0.1) is 11.3 Å². The SMILES string of the molecule is Cc1ccc(Cn2ccsc2=NC(=O)Cc2c(F)cccc2Cl)cc1. The van der Waals surface area contributed by atoms with Gasteiger partial charge in [0.05, 0.1) is 6.42 Å². The number of halogens is 2. The highest BCUT2D eigenvalue weighted by molar-refractivity contribution is 7.07. The maximum absolute atomic E-state index is 13.8. The molecule has 6 heteroatoms. The number of hydrogen-bond acceptors (Lipinski definition) is 2. The van der Waals surface area contributed by atoms with Crippen molar-refractivity contribution in [2.45, 2.75) is 19.9 Å². The Morgan fingerprint density at radius 2 is 2.00 bits per heavy atom. The lowest BCUT2D eigenvalue weighted by Gasteiger charge is -2.04. The van der Waals surface area contributed by atoms with Crippen molar-refractivity contribution in [1.29, 1.82) is 0 Å². The summed E-state index contributed by atoms with van der Waals surface area (Å²) in [5, 5.41) is 2.11. The molecular weight excluding hydrogens is 359 g/mol. The summed E-state index contributed by atoms with van der Waals surface area (Å²) in [5.74, 6) is -0.915. The molecule has 0 N–H and O–H groups in total. The van der Waals surface area contributed by atoms with Gasteiger partial charge in [-0.25, -0.2) is 4.39 Å². The lowest BCUT2D eigenvalue weighted by Crippen LogP contribution is -2.18. The molecule has 0 unspecified atom stereocenters. The first-order chi connectivity index (χ1) is 12.0. The summed E-state index contributed by atoms with van der Waals surface area (Å²) < 4.78 is 15.7. The first-order valence-corrected chi connectivity index (χ1v) is 8.98. The van der Waals surface area contributed by atoms with E-state index in [1.165, 1.54) is 29.0 Å². The number of amides is 1. The summed E-state index contributed by atoms with van der Waals surface area (Å²) in [5.41, 5.74) is 2.50. The van der Waals surface area contributed by atoms with Crippen molar-refractivity contribution in [3.63, 3.8) is 0 Å². The fraction of sp³-hybridized carbons (Fsp3) is 0.158. The summed E-state index contributed by atoms with van der Waals surface area (Å²) in [6, 6.07) is 12.6. The Morgan fingerprint density at radius 3 is 2.72 bits per heavy atom. The van der Waals surface area contributed by atoms with Crippen LogP contribution in [0.15, 0.2) is 59.0 Å². The van der Waals surface area contributed by atoms with E-state index < -0.39 is 11.7 Å². The van der Waals surface area contributed by atoms with Crippen molar-refractivity contribution >= 4 is 28.8 Å². The van der Waals surface area contributed by atoms with Crippen molar-refractivity contribution in [3.8, 4) is 0 Å². The molecule has 0 saturated heterocycles. The molecule has 0 fully saturated rings. The second-order valence-corrected chi connectivity index (χ2v) is 6.96. The first kappa shape index (κ1) is 17.6. The molecule has 0 bridgehead atoms. The molecule has 1 amide bonds. The second-order valence-electron chi connectivity index (χ2n) is 5.68. The van der Waals surface area contributed by atoms with E-state index in [-0.39, 0.29) is 17.0 Å². The third-order valence-corrected chi connectivity index (χ3v) is 4.89. The van der Waals surface area contributed by atoms with Gasteiger partial charge in [0.1, 0.15) is 5.82 Å². The molecule has 3 nitrogen and oxygen atoms in total. The highest BCUT2D eigenvalue weighted by atomic mass is 35.5. The number of nitrogens with zero attached hydrogens (tertiary/aromatic N) is 2. The van der Waals surface area contributed by atoms with Crippen LogP contribution in [0.1, 0.15) is 16.7 Å². The quantitative estimate of drug-likeness (QED) is 0.667. The standard InChI is InChI=1S/C19H16ClFN2OS/c1-13-5-7-14(8-6-13)12-23-9-10-25-19(23)22-18(24)11-15-16(20)3-2-4-17(15)21/h2-10H,11-12H2,1H3. The van der Waals surface area contributed by atoms with E-state index in [1.807, 2.05) is 47.3 Å². The number of carbonyl (C=O) groups excluding carboxylic acids is 1. The minimum Gasteiger partial charge on any atom is -0.319 e. The Bertz CT molecular complexity index is 940. The van der Waals surface area contributed by atoms with Gasteiger partial charge in [0.15, 0.2) is 4.80 Å². The van der Waals surface area contributed by atoms with E-state index in [2.05, 4.69) is 4.99 Å². The molecule has 1 heterocycles. The fourth-order valence-electron chi connectivity index (χ4n) is 2.40. The lowest BCUT2D eigenvalue weighted by molar-refractivity contribution is -0.117. The average molecular weight is 375 g/mol. The normalized spacial score (nSPS) is 11.7. The zero-order valence-corrected chi connectivity index (χ0v) is 15.1. The number of thiazole rings is 1. The van der Waals surface area contributed by atoms with Crippen LogP contribution in [0.5, 0.6) is 0 Å². The van der Waals surface area contributed by atoms with E-state index in [0.29, 0.717) is 11.3 Å². The zero-order valence-electron chi connectivity index (χ0n) is 13.6. The Kier molecular flexibility index (Phi) is 5.46. The zero-order chi connectivity index (χ0) is 17.8. The smallest absolute Gasteiger partial charge is 0.252 e. The van der Waals surface area contributed by atoms with Gasteiger partial charge < -0.3 is 4.57 Å². The number of aromatic nitrogens is 1. The Balaban J connectivity index is 1.81. The number of carbonyl (C=O) groups is 1. The number of hydrogen-bond donors (Lipinski definition) is 0. The monoisotopic (exact) mass is 374 g/mol. The van der Waals surface area contributed by atoms with Gasteiger partial charge in [0.2, 0.25) is 0 Å². The maximum atomic E-state index is 13.8. The van der Waals surface area contributed by atoms with E-state index in [9.17, 15) is 9.18 Å². The summed E-state index contributed by atoms with van der Waals surface area (Å²) in [7, 11) is 0. The van der Waals surface area contributed by atoms with Gasteiger partial charge in [-0.05, 0) is 24.6 Å². The molecule has 0 atom stereocenters. The van der Waals surface area contributed by atoms with Gasteiger partial charge in [-0.2, -0.15) is 4.99 Å². The molecule has 0 saturated carbocycles. The van der Waals surface area contributed by atoms with E-state index in [1.54, 1.807) is 6.07 Å². The molecule has 1 aromatic heterocycles. The van der Waals surface area contributed by atoms with Crippen molar-refractivity contribution in [3.05, 3.63) is 86.4 Å². The third-order valence-electron chi connectivity index (χ3n) is 3.74. The van der Waals surface area contributed by atoms with Gasteiger partial charge in [-0.3, -0.25) is 4.79 Å². The number of rotatable bonds is 4. The van der Waals surface area contributed by atoms with Crippen LogP contribution in [0.4, 0.5) is 4.39 Å². The highest BCUT2D eigenvalue weighted by Crippen LogP contribution is 2.19. The maximum Gasteiger partial charge on any atom is 0.252 e. The summed E-state index contributed by atoms with van der Waals surface area (Å²) in [4.78, 5) is 16.9. The lowest BCUT2D eigenvalue weighted by atomic mass is 10.1. The highest BCUT2D eigenvalue weighted by Gasteiger charge is 2.11. The molecule has 0 aliphatic rings. The molecule has 0 spiro atoms. The van der Waals surface area contributed by atoms with Crippen LogP contribution in [-0.2, 0) is 17.8 Å². The van der Waals surface area contributed by atoms with E-state index in [0.717, 1.165) is 5.56 Å². The third kappa shape index (κ3) is 4.44. The average Bonchev–Trinajstić information content (AvgIpc) is 3.00. The molecule has 2 aromatic carbocycles. The molecule has 0 aliphatic heterocycles. The number of benzene rings is 2. The van der Waals surface area contributed by atoms with Crippen molar-refractivity contribution < 1.29 is 9.18 Å². The molecule has 25 heavy (non-hydrogen) atoms. The molecule has 128 valence electrons. The van der Waals surface area contributed by atoms with E-state index in [4.69, 9.17) is 11.6 Å². The predicted octanol–water partition coefficient (Wildman–Crippen LogP) is 4.37. The second kappa shape index (κ2) is 7.76. The van der Waals surface area contributed by atoms with Crippen LogP contribution < -0.4 is 4.80 Å². The summed E-state index contributed by atoms with van der Waals surface area (Å²) in [6.45, 7) is 2.66. The summed E-state index contributed by atoms with van der Waals surface area (Å²) >= 11 is 7.34. The first-order valence-electron chi connectivity index (χ1n) is 7.73. The van der Waals surface area contributed by atoms with Gasteiger partial charge in [0, 0.05) is 28.7 Å². The molecule has 0 radical (unpaired) electrons. The molecular formula is C19H16ClFN2OS. The van der Waals surface area contributed by atoms with Crippen LogP contribution in [0.25, 0.3) is 0 Å². The molecule has 0 aliphatic carbocycles. The Labute approximate surface area is 154 Å². The van der Waals surface area contributed by atoms with Crippen molar-refractivity contribution in [2.75, 3.05) is 0 Å². The Hall–Kier alpha value is -2.24. The molecule has 3 rings (SSSR count). The largest absolute Gasteiger partial charge is 0.319 e. The van der Waals surface area contributed by atoms with Crippen LogP contribution in [0.2, 0.25) is 5.02 Å². The predicted molar refractivity (Wildman–Crippen MR) is 98.3 cm³/mol. The van der Waals surface area contributed by atoms with Gasteiger partial charge in [-0.1, -0.05) is 47.5 Å². The topological polar surface area (TPSA) is 34.4 Å². The molecule has 3 aromatic rings. The fourth-order valence-corrected chi connectivity index (χ4v) is 3.37. The van der Waals surface area contributed by atoms with Crippen LogP contribution in [0, 0.1) is 12.7 Å². The van der Waals surface area contributed by atoms with Crippen LogP contribution in [-0.4, -0.2) is 10.5 Å². The van der Waals surface area contributed by atoms with Crippen LogP contribution in [0.3, 0.4) is 0 Å². The van der Waals surface area contributed by atoms with Gasteiger partial charge in [0.25, 0.3) is 5.91 Å². The minimum absolute atomic E-state index is 0.159. The summed E-state index contributed by atoms with van der Waals surface area (Å²) in [6.07, 6.45) is 1.72. The van der Waals surface area contributed by atoms with Gasteiger partial charge >= 0.3 is 0 Å². The Morgan fingerprint density at radius 1 is 1.24 bits per heavy atom. The van der Waals surface area contributed by atoms with E-state index >= 15 is 0 Å².